The first kappa shape index (κ1) is 18.3. The molecule has 0 bridgehead atoms. The van der Waals surface area contributed by atoms with E-state index in [0.29, 0.717) is 17.5 Å². The summed E-state index contributed by atoms with van der Waals surface area (Å²) in [6, 6.07) is 20.3. The average molecular weight is 429 g/mol. The summed E-state index contributed by atoms with van der Waals surface area (Å²) in [7, 11) is 0. The van der Waals surface area contributed by atoms with Crippen LogP contribution in [0.5, 0.6) is 5.75 Å². The maximum Gasteiger partial charge on any atom is 0.167 e. The first-order valence-electron chi connectivity index (χ1n) is 11.0. The number of hydrogen-bond donors (Lipinski definition) is 0. The molecule has 5 nitrogen and oxygen atoms in total. The highest BCUT2D eigenvalue weighted by atomic mass is 16.5. The van der Waals surface area contributed by atoms with Crippen molar-refractivity contribution in [2.45, 2.75) is 18.9 Å². The first-order chi connectivity index (χ1) is 16.3. The Bertz CT molecular complexity index is 1630. The molecule has 5 heteroatoms. The number of ether oxygens (including phenoxy) is 1. The Kier molecular flexibility index (Phi) is 3.82. The van der Waals surface area contributed by atoms with E-state index < -0.39 is 0 Å². The SMILES string of the molecule is Cc1nc(-c2cccc3c2OC2C=CC=CC32)nc(-c2cccc3c2oc2ccccc23)n1. The summed E-state index contributed by atoms with van der Waals surface area (Å²) < 4.78 is 12.6. The van der Waals surface area contributed by atoms with E-state index in [9.17, 15) is 0 Å². The van der Waals surface area contributed by atoms with E-state index in [1.54, 1.807) is 0 Å². The summed E-state index contributed by atoms with van der Waals surface area (Å²) in [5, 5.41) is 2.13. The summed E-state index contributed by atoms with van der Waals surface area (Å²) in [6.07, 6.45) is 8.41. The molecule has 1 aliphatic carbocycles. The third-order valence-corrected chi connectivity index (χ3v) is 6.38. The van der Waals surface area contributed by atoms with Crippen molar-refractivity contribution in [3.8, 4) is 28.5 Å². The van der Waals surface area contributed by atoms with Crippen molar-refractivity contribution in [2.24, 2.45) is 0 Å². The number of allylic oxidation sites excluding steroid dienone is 2. The molecule has 7 rings (SSSR count). The molecule has 2 aliphatic rings. The third kappa shape index (κ3) is 2.75. The van der Waals surface area contributed by atoms with Gasteiger partial charge in [-0.25, -0.2) is 15.0 Å². The summed E-state index contributed by atoms with van der Waals surface area (Å²) in [5.41, 5.74) is 4.53. The molecule has 1 aliphatic heterocycles. The number of fused-ring (bicyclic) bond motifs is 6. The summed E-state index contributed by atoms with van der Waals surface area (Å²) in [5.74, 6) is 2.92. The molecule has 5 aromatic rings. The van der Waals surface area contributed by atoms with Crippen molar-refractivity contribution >= 4 is 21.9 Å². The maximum absolute atomic E-state index is 6.34. The maximum atomic E-state index is 6.34. The molecule has 3 heterocycles. The second-order valence-electron chi connectivity index (χ2n) is 8.41. The fourth-order valence-corrected chi connectivity index (χ4v) is 4.89. The number of furan rings is 1. The van der Waals surface area contributed by atoms with Crippen LogP contribution in [-0.4, -0.2) is 21.1 Å². The van der Waals surface area contributed by atoms with Gasteiger partial charge < -0.3 is 9.15 Å². The Morgan fingerprint density at radius 2 is 1.48 bits per heavy atom. The number of rotatable bonds is 2. The fourth-order valence-electron chi connectivity index (χ4n) is 4.89. The molecule has 0 fully saturated rings. The molecular formula is C28H19N3O2. The van der Waals surface area contributed by atoms with Gasteiger partial charge in [-0.05, 0) is 31.2 Å². The standard InChI is InChI=1S/C28H19N3O2/c1-16-29-27(21-12-6-10-19-17-8-2-4-14-23(17)32-25(19)21)31-28(30-16)22-13-7-11-20-18-9-3-5-15-24(18)33-26(20)22/h2-15,17,23H,1H3. The molecule has 2 aromatic heterocycles. The van der Waals surface area contributed by atoms with Gasteiger partial charge >= 0.3 is 0 Å². The summed E-state index contributed by atoms with van der Waals surface area (Å²) >= 11 is 0. The van der Waals surface area contributed by atoms with Crippen molar-refractivity contribution < 1.29 is 9.15 Å². The fraction of sp³-hybridized carbons (Fsp3) is 0.107. The molecule has 33 heavy (non-hydrogen) atoms. The van der Waals surface area contributed by atoms with Gasteiger partial charge in [0.25, 0.3) is 0 Å². The zero-order valence-electron chi connectivity index (χ0n) is 17.9. The van der Waals surface area contributed by atoms with Crippen LogP contribution in [0, 0.1) is 6.92 Å². The molecule has 0 N–H and O–H groups in total. The second kappa shape index (κ2) is 6.87. The van der Waals surface area contributed by atoms with Gasteiger partial charge in [-0.3, -0.25) is 0 Å². The van der Waals surface area contributed by atoms with E-state index in [4.69, 9.17) is 14.1 Å². The van der Waals surface area contributed by atoms with E-state index in [2.05, 4.69) is 46.4 Å². The van der Waals surface area contributed by atoms with E-state index in [1.807, 2.05) is 55.5 Å². The molecule has 0 amide bonds. The quantitative estimate of drug-likeness (QED) is 0.326. The smallest absolute Gasteiger partial charge is 0.167 e. The van der Waals surface area contributed by atoms with Gasteiger partial charge in [-0.2, -0.15) is 0 Å². The molecule has 0 radical (unpaired) electrons. The van der Waals surface area contributed by atoms with Gasteiger partial charge in [0.1, 0.15) is 28.8 Å². The molecule has 0 saturated carbocycles. The van der Waals surface area contributed by atoms with Crippen molar-refractivity contribution in [2.75, 3.05) is 0 Å². The number of nitrogens with zero attached hydrogens (tertiary/aromatic N) is 3. The number of aromatic nitrogens is 3. The molecule has 0 saturated heterocycles. The van der Waals surface area contributed by atoms with Crippen LogP contribution in [0.2, 0.25) is 0 Å². The van der Waals surface area contributed by atoms with Gasteiger partial charge in [0.05, 0.1) is 11.1 Å². The Morgan fingerprint density at radius 1 is 0.727 bits per heavy atom. The van der Waals surface area contributed by atoms with Crippen LogP contribution in [0.15, 0.2) is 89.4 Å². The van der Waals surface area contributed by atoms with Crippen LogP contribution in [0.1, 0.15) is 17.3 Å². The lowest BCUT2D eigenvalue weighted by Gasteiger charge is -2.14. The predicted octanol–water partition coefficient (Wildman–Crippen LogP) is 6.38. The minimum atomic E-state index is 0.0119. The largest absolute Gasteiger partial charge is 0.484 e. The van der Waals surface area contributed by atoms with E-state index in [1.165, 1.54) is 0 Å². The normalized spacial score (nSPS) is 18.5. The van der Waals surface area contributed by atoms with Gasteiger partial charge in [0.15, 0.2) is 11.6 Å². The topological polar surface area (TPSA) is 61.0 Å². The Balaban J connectivity index is 1.41. The molecule has 158 valence electrons. The zero-order chi connectivity index (χ0) is 21.9. The highest BCUT2D eigenvalue weighted by Gasteiger charge is 2.34. The van der Waals surface area contributed by atoms with Crippen molar-refractivity contribution in [1.29, 1.82) is 0 Å². The molecule has 2 unspecified atom stereocenters. The number of hydrogen-bond acceptors (Lipinski definition) is 5. The number of aryl methyl sites for hydroxylation is 1. The van der Waals surface area contributed by atoms with Gasteiger partial charge in [-0.1, -0.05) is 60.7 Å². The lowest BCUT2D eigenvalue weighted by molar-refractivity contribution is 0.269. The van der Waals surface area contributed by atoms with Crippen LogP contribution in [-0.2, 0) is 0 Å². The number of benzene rings is 3. The monoisotopic (exact) mass is 429 g/mol. The van der Waals surface area contributed by atoms with Crippen LogP contribution < -0.4 is 4.74 Å². The molecule has 0 spiro atoms. The molecular weight excluding hydrogens is 410 g/mol. The Labute approximate surface area is 190 Å². The predicted molar refractivity (Wildman–Crippen MR) is 128 cm³/mol. The van der Waals surface area contributed by atoms with Crippen LogP contribution in [0.3, 0.4) is 0 Å². The van der Waals surface area contributed by atoms with Crippen LogP contribution in [0.25, 0.3) is 44.7 Å². The molecule has 2 atom stereocenters. The average Bonchev–Trinajstić information content (AvgIpc) is 3.42. The first-order valence-corrected chi connectivity index (χ1v) is 11.0. The minimum absolute atomic E-state index is 0.0119. The zero-order valence-corrected chi connectivity index (χ0v) is 17.9. The summed E-state index contributed by atoms with van der Waals surface area (Å²) in [4.78, 5) is 14.2. The van der Waals surface area contributed by atoms with Crippen molar-refractivity contribution in [3.05, 3.63) is 96.4 Å². The van der Waals surface area contributed by atoms with E-state index in [-0.39, 0.29) is 12.0 Å². The highest BCUT2D eigenvalue weighted by Crippen LogP contribution is 2.46. The van der Waals surface area contributed by atoms with Crippen molar-refractivity contribution in [1.82, 2.24) is 15.0 Å². The van der Waals surface area contributed by atoms with Crippen LogP contribution >= 0.6 is 0 Å². The lowest BCUT2D eigenvalue weighted by atomic mass is 9.91. The van der Waals surface area contributed by atoms with E-state index >= 15 is 0 Å². The van der Waals surface area contributed by atoms with Gasteiger partial charge in [0, 0.05) is 22.3 Å². The van der Waals surface area contributed by atoms with Gasteiger partial charge in [0.2, 0.25) is 0 Å². The highest BCUT2D eigenvalue weighted by molar-refractivity contribution is 6.09. The van der Waals surface area contributed by atoms with Crippen LogP contribution in [0.4, 0.5) is 0 Å². The Hall–Kier alpha value is -4.25. The third-order valence-electron chi connectivity index (χ3n) is 6.38. The minimum Gasteiger partial charge on any atom is -0.484 e. The molecule has 3 aromatic carbocycles. The lowest BCUT2D eigenvalue weighted by Crippen LogP contribution is -2.15. The van der Waals surface area contributed by atoms with E-state index in [0.717, 1.165) is 44.4 Å². The number of para-hydroxylation sites is 3. The summed E-state index contributed by atoms with van der Waals surface area (Å²) in [6.45, 7) is 1.89. The van der Waals surface area contributed by atoms with Crippen molar-refractivity contribution in [3.63, 3.8) is 0 Å². The second-order valence-corrected chi connectivity index (χ2v) is 8.41. The van der Waals surface area contributed by atoms with Gasteiger partial charge in [-0.15, -0.1) is 0 Å². The Morgan fingerprint density at radius 3 is 2.42 bits per heavy atom.